The fourth-order valence-corrected chi connectivity index (χ4v) is 3.61. The van der Waals surface area contributed by atoms with Gasteiger partial charge < -0.3 is 9.88 Å². The number of nitrogens with one attached hydrogen (secondary N) is 1. The van der Waals surface area contributed by atoms with Gasteiger partial charge in [0.25, 0.3) is 0 Å². The zero-order chi connectivity index (χ0) is 15.7. The van der Waals surface area contributed by atoms with Crippen LogP contribution in [0.25, 0.3) is 0 Å². The highest BCUT2D eigenvalue weighted by Gasteiger charge is 2.35. The Hall–Kier alpha value is -0.800. The minimum atomic E-state index is -4.40. The van der Waals surface area contributed by atoms with E-state index in [1.807, 2.05) is 0 Å². The molecule has 1 heterocycles. The van der Waals surface area contributed by atoms with Crippen molar-refractivity contribution in [2.45, 2.75) is 25.4 Å². The van der Waals surface area contributed by atoms with E-state index in [-0.39, 0.29) is 5.92 Å². The Morgan fingerprint density at radius 3 is 2.38 bits per heavy atom. The Bertz CT molecular complexity index is 544. The molecule has 1 aromatic carbocycles. The third-order valence-corrected chi connectivity index (χ3v) is 5.51. The smallest absolute Gasteiger partial charge is 0.319 e. The highest BCUT2D eigenvalue weighted by Crippen LogP contribution is 2.39. The highest BCUT2D eigenvalue weighted by molar-refractivity contribution is 7.70. The molecule has 0 atom stereocenters. The highest BCUT2D eigenvalue weighted by atomic mass is 31.2. The number of halogens is 3. The van der Waals surface area contributed by atoms with Gasteiger partial charge in [0.2, 0.25) is 0 Å². The standard InChI is InChI=1S/C15H21F3NOP/c1-21(2,20)13-4-3-12(14(10-13)15(16,17)18)9-11-5-7-19-8-6-11/h3-4,10-11,19H,5-9H2,1-2H3. The average Bonchev–Trinajstić information content (AvgIpc) is 2.38. The van der Waals surface area contributed by atoms with E-state index in [0.29, 0.717) is 17.3 Å². The fraction of sp³-hybridized carbons (Fsp3) is 0.600. The summed E-state index contributed by atoms with van der Waals surface area (Å²) in [5.74, 6) is 0.285. The average molecular weight is 319 g/mol. The number of hydrogen-bond donors (Lipinski definition) is 1. The third kappa shape index (κ3) is 4.33. The van der Waals surface area contributed by atoms with Gasteiger partial charge in [-0.3, -0.25) is 0 Å². The Labute approximate surface area is 123 Å². The van der Waals surface area contributed by atoms with E-state index < -0.39 is 18.9 Å². The minimum Gasteiger partial charge on any atom is -0.319 e. The van der Waals surface area contributed by atoms with Crippen molar-refractivity contribution < 1.29 is 17.7 Å². The van der Waals surface area contributed by atoms with Crippen LogP contribution in [0.15, 0.2) is 18.2 Å². The number of benzene rings is 1. The topological polar surface area (TPSA) is 29.1 Å². The van der Waals surface area contributed by atoms with Gasteiger partial charge in [-0.05, 0) is 63.2 Å². The van der Waals surface area contributed by atoms with E-state index in [1.165, 1.54) is 19.4 Å². The molecule has 0 radical (unpaired) electrons. The van der Waals surface area contributed by atoms with Crippen molar-refractivity contribution in [3.05, 3.63) is 29.3 Å². The van der Waals surface area contributed by atoms with Gasteiger partial charge in [-0.15, -0.1) is 0 Å². The first-order valence-corrected chi connectivity index (χ1v) is 9.74. The number of alkyl halides is 3. The van der Waals surface area contributed by atoms with Gasteiger partial charge in [-0.25, -0.2) is 0 Å². The maximum absolute atomic E-state index is 13.3. The summed E-state index contributed by atoms with van der Waals surface area (Å²) in [6, 6.07) is 4.18. The summed E-state index contributed by atoms with van der Waals surface area (Å²) in [5.41, 5.74) is -0.297. The fourth-order valence-electron chi connectivity index (χ4n) is 2.74. The van der Waals surface area contributed by atoms with E-state index in [0.717, 1.165) is 32.0 Å². The lowest BCUT2D eigenvalue weighted by molar-refractivity contribution is -0.138. The molecule has 6 heteroatoms. The Kier molecular flexibility index (Phi) is 4.84. The Morgan fingerprint density at radius 2 is 1.86 bits per heavy atom. The molecule has 0 spiro atoms. The second-order valence-electron chi connectivity index (χ2n) is 6.09. The maximum Gasteiger partial charge on any atom is 0.416 e. The largest absolute Gasteiger partial charge is 0.416 e. The molecule has 118 valence electrons. The molecule has 0 bridgehead atoms. The van der Waals surface area contributed by atoms with E-state index >= 15 is 0 Å². The predicted octanol–water partition coefficient (Wildman–Crippen LogP) is 3.50. The van der Waals surface area contributed by atoms with Crippen molar-refractivity contribution in [3.8, 4) is 0 Å². The van der Waals surface area contributed by atoms with Crippen LogP contribution in [0.5, 0.6) is 0 Å². The van der Waals surface area contributed by atoms with Crippen LogP contribution in [-0.2, 0) is 17.2 Å². The monoisotopic (exact) mass is 319 g/mol. The molecule has 0 saturated carbocycles. The molecule has 0 aliphatic carbocycles. The van der Waals surface area contributed by atoms with Gasteiger partial charge in [0, 0.05) is 5.30 Å². The van der Waals surface area contributed by atoms with Gasteiger partial charge >= 0.3 is 6.18 Å². The van der Waals surface area contributed by atoms with Gasteiger partial charge in [0.05, 0.1) is 5.56 Å². The molecule has 2 nitrogen and oxygen atoms in total. The molecular formula is C15H21F3NOP. The molecule has 1 aliphatic rings. The van der Waals surface area contributed by atoms with Gasteiger partial charge in [-0.2, -0.15) is 13.2 Å². The van der Waals surface area contributed by atoms with Crippen molar-refractivity contribution >= 4 is 12.4 Å². The second-order valence-corrected chi connectivity index (χ2v) is 9.31. The zero-order valence-corrected chi connectivity index (χ0v) is 13.2. The summed E-state index contributed by atoms with van der Waals surface area (Å²) < 4.78 is 51.8. The van der Waals surface area contributed by atoms with E-state index in [2.05, 4.69) is 5.32 Å². The molecule has 0 aromatic heterocycles. The van der Waals surface area contributed by atoms with Crippen LogP contribution >= 0.6 is 7.14 Å². The van der Waals surface area contributed by atoms with Crippen molar-refractivity contribution in [3.63, 3.8) is 0 Å². The summed E-state index contributed by atoms with van der Waals surface area (Å²) in [5, 5.41) is 3.51. The summed E-state index contributed by atoms with van der Waals surface area (Å²) in [6.45, 7) is 4.72. The Morgan fingerprint density at radius 1 is 1.24 bits per heavy atom. The van der Waals surface area contributed by atoms with Crippen molar-refractivity contribution in [1.82, 2.24) is 5.32 Å². The SMILES string of the molecule is CP(C)(=O)c1ccc(CC2CCNCC2)c(C(F)(F)F)c1. The van der Waals surface area contributed by atoms with Crippen LogP contribution in [0, 0.1) is 5.92 Å². The molecule has 1 aliphatic heterocycles. The molecule has 21 heavy (non-hydrogen) atoms. The van der Waals surface area contributed by atoms with E-state index in [4.69, 9.17) is 0 Å². The first-order chi connectivity index (χ1) is 9.68. The molecule has 1 fully saturated rings. The summed E-state index contributed by atoms with van der Waals surface area (Å²) in [7, 11) is -2.69. The summed E-state index contributed by atoms with van der Waals surface area (Å²) in [4.78, 5) is 0. The van der Waals surface area contributed by atoms with Crippen LogP contribution < -0.4 is 10.6 Å². The van der Waals surface area contributed by atoms with Gasteiger partial charge in [0.1, 0.15) is 7.14 Å². The molecule has 1 saturated heterocycles. The third-order valence-electron chi connectivity index (χ3n) is 3.99. The van der Waals surface area contributed by atoms with Crippen LogP contribution in [0.1, 0.15) is 24.0 Å². The van der Waals surface area contributed by atoms with Crippen molar-refractivity contribution in [1.29, 1.82) is 0 Å². The zero-order valence-electron chi connectivity index (χ0n) is 12.3. The number of hydrogen-bond acceptors (Lipinski definition) is 2. The van der Waals surface area contributed by atoms with Crippen molar-refractivity contribution in [2.75, 3.05) is 26.4 Å². The normalized spacial score (nSPS) is 18.0. The minimum absolute atomic E-state index is 0.285. The first-order valence-electron chi connectivity index (χ1n) is 7.14. The van der Waals surface area contributed by atoms with Gasteiger partial charge in [-0.1, -0.05) is 12.1 Å². The molecule has 0 amide bonds. The molecule has 0 unspecified atom stereocenters. The van der Waals surface area contributed by atoms with E-state index in [9.17, 15) is 17.7 Å². The first kappa shape index (κ1) is 16.6. The summed E-state index contributed by atoms with van der Waals surface area (Å²) >= 11 is 0. The quantitative estimate of drug-likeness (QED) is 0.864. The Balaban J connectivity index is 2.33. The van der Waals surface area contributed by atoms with Crippen LogP contribution in [0.3, 0.4) is 0 Å². The predicted molar refractivity (Wildman–Crippen MR) is 79.8 cm³/mol. The van der Waals surface area contributed by atoms with Crippen molar-refractivity contribution in [2.24, 2.45) is 5.92 Å². The van der Waals surface area contributed by atoms with E-state index in [1.54, 1.807) is 6.07 Å². The molecule has 1 aromatic rings. The van der Waals surface area contributed by atoms with Crippen LogP contribution in [-0.4, -0.2) is 26.4 Å². The van der Waals surface area contributed by atoms with Crippen LogP contribution in [0.2, 0.25) is 0 Å². The second kappa shape index (κ2) is 6.13. The lowest BCUT2D eigenvalue weighted by Gasteiger charge is -2.24. The lowest BCUT2D eigenvalue weighted by atomic mass is 9.89. The number of rotatable bonds is 3. The molecular weight excluding hydrogens is 298 g/mol. The summed E-state index contributed by atoms with van der Waals surface area (Å²) in [6.07, 6.45) is -2.15. The van der Waals surface area contributed by atoms with Gasteiger partial charge in [0.15, 0.2) is 0 Å². The molecule has 1 N–H and O–H groups in total. The maximum atomic E-state index is 13.3. The number of piperidine rings is 1. The molecule has 2 rings (SSSR count). The lowest BCUT2D eigenvalue weighted by Crippen LogP contribution is -2.29. The van der Waals surface area contributed by atoms with Crippen LogP contribution in [0.4, 0.5) is 13.2 Å².